The van der Waals surface area contributed by atoms with Gasteiger partial charge in [-0.15, -0.1) is 6.58 Å². The number of unbranched alkanes of at least 4 members (excludes halogenated alkanes) is 1. The highest BCUT2D eigenvalue weighted by atomic mass is 16.2. The Morgan fingerprint density at radius 2 is 1.94 bits per heavy atom. The number of carbonyl (C=O) groups excluding carboxylic acids is 1. The highest BCUT2D eigenvalue weighted by Crippen LogP contribution is 2.20. The summed E-state index contributed by atoms with van der Waals surface area (Å²) in [5.41, 5.74) is 1.69. The second-order valence-electron chi connectivity index (χ2n) is 7.25. The summed E-state index contributed by atoms with van der Waals surface area (Å²) in [7, 11) is 0. The Morgan fingerprint density at radius 1 is 1.24 bits per heavy atom. The van der Waals surface area contributed by atoms with E-state index in [0.29, 0.717) is 11.3 Å². The lowest BCUT2D eigenvalue weighted by atomic mass is 9.98. The Hall–Kier alpha value is -3.15. The molecule has 2 heterocycles. The number of H-pyrrole nitrogens is 1. The molecule has 0 radical (unpaired) electrons. The lowest BCUT2D eigenvalue weighted by Crippen LogP contribution is -2.41. The summed E-state index contributed by atoms with van der Waals surface area (Å²) in [5, 5.41) is 6.77. The number of fused-ring (bicyclic) bond motifs is 1. The molecular weight excluding hydrogens is 424 g/mol. The smallest absolute Gasteiger partial charge is 0.319 e. The molecule has 6 nitrogen and oxygen atoms in total. The Bertz CT molecular complexity index is 976. The number of nitrogens with one attached hydrogen (secondary N) is 3. The number of aromatic nitrogens is 2. The van der Waals surface area contributed by atoms with Gasteiger partial charge in [-0.2, -0.15) is 0 Å². The Morgan fingerprint density at radius 3 is 2.53 bits per heavy atom. The molecule has 2 aromatic rings. The molecule has 0 aliphatic rings. The SMILES string of the molecule is C=CC(/C=C(\C=C/C)NC(=O)NC(CC)CCCC)c1cc2cnccc2[nH]c1=O.CC.CC. The molecule has 2 rings (SSSR count). The summed E-state index contributed by atoms with van der Waals surface area (Å²) in [5.74, 6) is -0.369. The molecule has 2 aromatic heterocycles. The zero-order valence-corrected chi connectivity index (χ0v) is 22.1. The van der Waals surface area contributed by atoms with Gasteiger partial charge in [0.05, 0.1) is 5.52 Å². The van der Waals surface area contributed by atoms with Crippen molar-refractivity contribution in [2.75, 3.05) is 0 Å². The summed E-state index contributed by atoms with van der Waals surface area (Å²) in [4.78, 5) is 32.1. The number of carbonyl (C=O) groups is 1. The van der Waals surface area contributed by atoms with Crippen molar-refractivity contribution in [2.24, 2.45) is 0 Å². The lowest BCUT2D eigenvalue weighted by molar-refractivity contribution is 0.238. The molecule has 2 unspecified atom stereocenters. The Balaban J connectivity index is 0.00000258. The van der Waals surface area contributed by atoms with Crippen molar-refractivity contribution >= 4 is 16.9 Å². The molecule has 0 aliphatic heterocycles. The van der Waals surface area contributed by atoms with E-state index in [1.54, 1.807) is 30.6 Å². The van der Waals surface area contributed by atoms with Crippen LogP contribution in [0, 0.1) is 0 Å². The number of urea groups is 1. The van der Waals surface area contributed by atoms with Gasteiger partial charge in [-0.1, -0.05) is 66.5 Å². The summed E-state index contributed by atoms with van der Waals surface area (Å²) < 4.78 is 0. The van der Waals surface area contributed by atoms with Gasteiger partial charge in [0.25, 0.3) is 5.56 Å². The van der Waals surface area contributed by atoms with Crippen LogP contribution in [-0.4, -0.2) is 22.0 Å². The molecular formula is C28H44N4O2. The molecule has 0 bridgehead atoms. The van der Waals surface area contributed by atoms with E-state index < -0.39 is 0 Å². The Kier molecular flexibility index (Phi) is 16.6. The molecule has 0 saturated carbocycles. The molecule has 188 valence electrons. The predicted molar refractivity (Wildman–Crippen MR) is 146 cm³/mol. The van der Waals surface area contributed by atoms with E-state index in [0.717, 1.165) is 36.6 Å². The van der Waals surface area contributed by atoms with Gasteiger partial charge in [-0.3, -0.25) is 9.78 Å². The molecule has 34 heavy (non-hydrogen) atoms. The van der Waals surface area contributed by atoms with Gasteiger partial charge in [0.1, 0.15) is 0 Å². The number of allylic oxidation sites excluding steroid dienone is 4. The first-order valence-electron chi connectivity index (χ1n) is 12.5. The zero-order chi connectivity index (χ0) is 25.9. The second-order valence-corrected chi connectivity index (χ2v) is 7.25. The molecule has 0 aromatic carbocycles. The first-order chi connectivity index (χ1) is 16.5. The van der Waals surface area contributed by atoms with Crippen LogP contribution in [0.25, 0.3) is 10.9 Å². The maximum absolute atomic E-state index is 12.6. The van der Waals surface area contributed by atoms with Crippen molar-refractivity contribution in [3.8, 4) is 0 Å². The van der Waals surface area contributed by atoms with Crippen LogP contribution in [0.3, 0.4) is 0 Å². The van der Waals surface area contributed by atoms with Gasteiger partial charge in [0.15, 0.2) is 0 Å². The van der Waals surface area contributed by atoms with E-state index in [1.807, 2.05) is 52.8 Å². The summed E-state index contributed by atoms with van der Waals surface area (Å²) >= 11 is 0. The average Bonchev–Trinajstić information content (AvgIpc) is 2.87. The number of rotatable bonds is 10. The van der Waals surface area contributed by atoms with Crippen molar-refractivity contribution in [3.63, 3.8) is 0 Å². The topological polar surface area (TPSA) is 86.9 Å². The fourth-order valence-electron chi connectivity index (χ4n) is 3.29. The fraction of sp³-hybridized carbons (Fsp3) is 0.464. The minimum atomic E-state index is -0.369. The first kappa shape index (κ1) is 30.9. The van der Waals surface area contributed by atoms with E-state index in [9.17, 15) is 9.59 Å². The summed E-state index contributed by atoms with van der Waals surface area (Å²) in [6.07, 6.45) is 14.5. The van der Waals surface area contributed by atoms with E-state index in [4.69, 9.17) is 0 Å². The quantitative estimate of drug-likeness (QED) is 0.260. The van der Waals surface area contributed by atoms with E-state index in [1.165, 1.54) is 0 Å². The monoisotopic (exact) mass is 468 g/mol. The van der Waals surface area contributed by atoms with Crippen molar-refractivity contribution < 1.29 is 4.79 Å². The third-order valence-electron chi connectivity index (χ3n) is 4.98. The van der Waals surface area contributed by atoms with Gasteiger partial charge >= 0.3 is 6.03 Å². The van der Waals surface area contributed by atoms with Crippen LogP contribution in [-0.2, 0) is 0 Å². The van der Waals surface area contributed by atoms with Crippen LogP contribution in [0.4, 0.5) is 4.79 Å². The number of amides is 2. The number of nitrogens with zero attached hydrogens (tertiary/aromatic N) is 1. The van der Waals surface area contributed by atoms with E-state index in [2.05, 4.69) is 41.0 Å². The standard InChI is InChI=1S/C24H32N4O2.2C2H6/c1-5-9-11-19(8-4)26-24(30)27-20(10-6-2)14-17(7-3)21-15-18-16-25-13-12-22(18)28-23(21)29;2*1-2/h6-7,10,12-17,19H,3,5,8-9,11H2,1-2,4H3,(H,28,29)(H2,26,27,30);2*1-2H3/b10-6-,20-14+;;. The van der Waals surface area contributed by atoms with Gasteiger partial charge in [0, 0.05) is 41.0 Å². The minimum Gasteiger partial charge on any atom is -0.335 e. The summed E-state index contributed by atoms with van der Waals surface area (Å²) in [6.45, 7) is 18.0. The number of hydrogen-bond donors (Lipinski definition) is 3. The highest BCUT2D eigenvalue weighted by molar-refractivity contribution is 5.78. The van der Waals surface area contributed by atoms with Crippen LogP contribution in [0.5, 0.6) is 0 Å². The van der Waals surface area contributed by atoms with E-state index in [-0.39, 0.29) is 23.6 Å². The highest BCUT2D eigenvalue weighted by Gasteiger charge is 2.14. The lowest BCUT2D eigenvalue weighted by Gasteiger charge is -2.18. The van der Waals surface area contributed by atoms with Crippen LogP contribution >= 0.6 is 0 Å². The zero-order valence-electron chi connectivity index (χ0n) is 22.1. The third-order valence-corrected chi connectivity index (χ3v) is 4.98. The van der Waals surface area contributed by atoms with Crippen molar-refractivity contribution in [2.45, 2.75) is 86.1 Å². The van der Waals surface area contributed by atoms with Crippen LogP contribution in [0.15, 0.2) is 65.9 Å². The van der Waals surface area contributed by atoms with Gasteiger partial charge in [-0.25, -0.2) is 4.79 Å². The molecule has 0 spiro atoms. The maximum Gasteiger partial charge on any atom is 0.319 e. The first-order valence-corrected chi connectivity index (χ1v) is 12.5. The fourth-order valence-corrected chi connectivity index (χ4v) is 3.29. The van der Waals surface area contributed by atoms with Gasteiger partial charge in [-0.05, 0) is 44.1 Å². The van der Waals surface area contributed by atoms with Gasteiger partial charge < -0.3 is 15.6 Å². The largest absolute Gasteiger partial charge is 0.335 e. The average molecular weight is 469 g/mol. The molecule has 0 saturated heterocycles. The van der Waals surface area contributed by atoms with Gasteiger partial charge in [0.2, 0.25) is 0 Å². The van der Waals surface area contributed by atoms with Crippen molar-refractivity contribution in [1.29, 1.82) is 0 Å². The number of pyridine rings is 2. The van der Waals surface area contributed by atoms with Crippen molar-refractivity contribution in [1.82, 2.24) is 20.6 Å². The number of hydrogen-bond acceptors (Lipinski definition) is 3. The minimum absolute atomic E-state index is 0.142. The molecule has 0 aliphatic carbocycles. The third kappa shape index (κ3) is 10.2. The normalized spacial score (nSPS) is 12.6. The predicted octanol–water partition coefficient (Wildman–Crippen LogP) is 6.97. The summed E-state index contributed by atoms with van der Waals surface area (Å²) in [6, 6.07) is 3.47. The molecule has 3 N–H and O–H groups in total. The molecule has 6 heteroatoms. The second kappa shape index (κ2) is 18.3. The van der Waals surface area contributed by atoms with Crippen molar-refractivity contribution in [3.05, 3.63) is 77.0 Å². The molecule has 0 fully saturated rings. The molecule has 2 amide bonds. The van der Waals surface area contributed by atoms with Crippen LogP contribution in [0.1, 0.15) is 85.6 Å². The Labute approximate surface area is 205 Å². The van der Waals surface area contributed by atoms with Crippen LogP contribution < -0.4 is 16.2 Å². The maximum atomic E-state index is 12.6. The number of aromatic amines is 1. The van der Waals surface area contributed by atoms with Crippen LogP contribution in [0.2, 0.25) is 0 Å². The molecule has 2 atom stereocenters. The van der Waals surface area contributed by atoms with E-state index >= 15 is 0 Å².